The Bertz CT molecular complexity index is 298. The van der Waals surface area contributed by atoms with Gasteiger partial charge in [0.1, 0.15) is 0 Å². The summed E-state index contributed by atoms with van der Waals surface area (Å²) in [7, 11) is 0. The van der Waals surface area contributed by atoms with Crippen LogP contribution in [0.1, 0.15) is 6.42 Å². The fraction of sp³-hybridized carbons (Fsp3) is 0.765. The molecule has 6 heteroatoms. The molecule has 2 atom stereocenters. The molecule has 0 aromatic rings. The van der Waals surface area contributed by atoms with Gasteiger partial charge in [0.2, 0.25) is 0 Å². The van der Waals surface area contributed by atoms with Crippen molar-refractivity contribution < 1.29 is 19.7 Å². The Morgan fingerprint density at radius 3 is 1.65 bits per heavy atom. The third kappa shape index (κ3) is 9.86. The summed E-state index contributed by atoms with van der Waals surface area (Å²) < 4.78 is 10.6. The topological polar surface area (TPSA) is 65.4 Å². The first-order chi connectivity index (χ1) is 11.2. The second-order valence-electron chi connectivity index (χ2n) is 5.91. The van der Waals surface area contributed by atoms with Gasteiger partial charge in [0, 0.05) is 26.2 Å². The highest BCUT2D eigenvalue weighted by molar-refractivity contribution is 4.75. The van der Waals surface area contributed by atoms with Crippen LogP contribution in [-0.2, 0) is 9.47 Å². The highest BCUT2D eigenvalue weighted by Gasteiger charge is 2.19. The zero-order chi connectivity index (χ0) is 16.9. The molecule has 0 spiro atoms. The largest absolute Gasteiger partial charge is 0.389 e. The molecule has 1 saturated heterocycles. The Kier molecular flexibility index (Phi) is 11.1. The highest BCUT2D eigenvalue weighted by Crippen LogP contribution is 2.05. The summed E-state index contributed by atoms with van der Waals surface area (Å²) in [6.07, 6.45) is 3.44. The van der Waals surface area contributed by atoms with Crippen LogP contribution in [0.25, 0.3) is 0 Å². The van der Waals surface area contributed by atoms with Crippen molar-refractivity contribution in [3.05, 3.63) is 25.3 Å². The van der Waals surface area contributed by atoms with E-state index in [1.807, 2.05) is 0 Å². The normalized spacial score (nSPS) is 19.9. The van der Waals surface area contributed by atoms with Crippen molar-refractivity contribution in [2.24, 2.45) is 0 Å². The maximum Gasteiger partial charge on any atom is 0.0900 e. The number of hydrogen-bond acceptors (Lipinski definition) is 6. The van der Waals surface area contributed by atoms with E-state index in [4.69, 9.17) is 9.47 Å². The average Bonchev–Trinajstić information content (AvgIpc) is 2.73. The van der Waals surface area contributed by atoms with Gasteiger partial charge in [-0.2, -0.15) is 0 Å². The van der Waals surface area contributed by atoms with Crippen LogP contribution in [0.2, 0.25) is 0 Å². The number of ether oxygens (including phenoxy) is 2. The minimum Gasteiger partial charge on any atom is -0.389 e. The van der Waals surface area contributed by atoms with Crippen LogP contribution < -0.4 is 0 Å². The van der Waals surface area contributed by atoms with E-state index in [-0.39, 0.29) is 0 Å². The third-order valence-corrected chi connectivity index (χ3v) is 3.71. The lowest BCUT2D eigenvalue weighted by Crippen LogP contribution is -2.39. The molecule has 0 amide bonds. The summed E-state index contributed by atoms with van der Waals surface area (Å²) in [5.74, 6) is 0. The van der Waals surface area contributed by atoms with E-state index in [2.05, 4.69) is 23.0 Å². The molecule has 134 valence electrons. The molecule has 1 aliphatic heterocycles. The van der Waals surface area contributed by atoms with Crippen LogP contribution in [0, 0.1) is 0 Å². The van der Waals surface area contributed by atoms with Gasteiger partial charge in [0.25, 0.3) is 0 Å². The van der Waals surface area contributed by atoms with E-state index in [0.29, 0.717) is 39.5 Å². The van der Waals surface area contributed by atoms with Crippen molar-refractivity contribution in [2.75, 3.05) is 65.7 Å². The predicted octanol–water partition coefficient (Wildman–Crippen LogP) is 0.121. The summed E-state index contributed by atoms with van der Waals surface area (Å²) in [5.41, 5.74) is 0. The fourth-order valence-corrected chi connectivity index (χ4v) is 2.67. The van der Waals surface area contributed by atoms with Gasteiger partial charge in [0.05, 0.1) is 38.6 Å². The van der Waals surface area contributed by atoms with Crippen LogP contribution in [0.15, 0.2) is 25.3 Å². The molecule has 0 radical (unpaired) electrons. The Morgan fingerprint density at radius 1 is 0.826 bits per heavy atom. The molecule has 0 saturated carbocycles. The number of hydrogen-bond donors (Lipinski definition) is 2. The molecular weight excluding hydrogens is 296 g/mol. The smallest absolute Gasteiger partial charge is 0.0900 e. The lowest BCUT2D eigenvalue weighted by atomic mass is 10.3. The lowest BCUT2D eigenvalue weighted by molar-refractivity contribution is 0.0221. The van der Waals surface area contributed by atoms with E-state index in [0.717, 1.165) is 32.6 Å². The quantitative estimate of drug-likeness (QED) is 0.392. The van der Waals surface area contributed by atoms with Crippen LogP contribution in [0.3, 0.4) is 0 Å². The van der Waals surface area contributed by atoms with E-state index in [1.165, 1.54) is 0 Å². The summed E-state index contributed by atoms with van der Waals surface area (Å²) >= 11 is 0. The monoisotopic (exact) mass is 328 g/mol. The molecule has 23 heavy (non-hydrogen) atoms. The number of rotatable bonds is 12. The van der Waals surface area contributed by atoms with Crippen LogP contribution in [0.5, 0.6) is 0 Å². The molecule has 0 aliphatic carbocycles. The van der Waals surface area contributed by atoms with Crippen molar-refractivity contribution in [2.45, 2.75) is 18.6 Å². The minimum absolute atomic E-state index is 0.339. The van der Waals surface area contributed by atoms with Gasteiger partial charge >= 0.3 is 0 Å². The van der Waals surface area contributed by atoms with Crippen molar-refractivity contribution in [3.8, 4) is 0 Å². The molecule has 0 aromatic carbocycles. The molecule has 2 unspecified atom stereocenters. The van der Waals surface area contributed by atoms with Crippen LogP contribution in [-0.4, -0.2) is 97.9 Å². The second kappa shape index (κ2) is 12.6. The fourth-order valence-electron chi connectivity index (χ4n) is 2.67. The zero-order valence-electron chi connectivity index (χ0n) is 14.1. The van der Waals surface area contributed by atoms with E-state index in [1.54, 1.807) is 12.2 Å². The molecule has 1 fully saturated rings. The summed E-state index contributed by atoms with van der Waals surface area (Å²) in [6, 6.07) is 0. The van der Waals surface area contributed by atoms with Crippen LogP contribution in [0.4, 0.5) is 0 Å². The number of aliphatic hydroxyl groups excluding tert-OH is 2. The highest BCUT2D eigenvalue weighted by atomic mass is 16.5. The van der Waals surface area contributed by atoms with E-state index < -0.39 is 12.2 Å². The molecular formula is C17H32N2O4. The van der Waals surface area contributed by atoms with Gasteiger partial charge in [-0.15, -0.1) is 13.2 Å². The average molecular weight is 328 g/mol. The van der Waals surface area contributed by atoms with Gasteiger partial charge in [-0.1, -0.05) is 12.2 Å². The Labute approximate surface area is 140 Å². The van der Waals surface area contributed by atoms with Crippen molar-refractivity contribution in [1.29, 1.82) is 0 Å². The Morgan fingerprint density at radius 2 is 1.26 bits per heavy atom. The first-order valence-corrected chi connectivity index (χ1v) is 8.33. The third-order valence-electron chi connectivity index (χ3n) is 3.71. The Hall–Kier alpha value is -0.760. The molecule has 2 N–H and O–H groups in total. The number of β-amino-alcohol motifs (C(OH)–C–C–N with tert-alkyl or cyclic N) is 2. The number of aliphatic hydroxyl groups is 2. The van der Waals surface area contributed by atoms with Crippen molar-refractivity contribution >= 4 is 0 Å². The van der Waals surface area contributed by atoms with Gasteiger partial charge in [-0.3, -0.25) is 9.80 Å². The van der Waals surface area contributed by atoms with E-state index >= 15 is 0 Å². The zero-order valence-corrected chi connectivity index (χ0v) is 14.1. The van der Waals surface area contributed by atoms with E-state index in [9.17, 15) is 10.2 Å². The lowest BCUT2D eigenvalue weighted by Gasteiger charge is -2.25. The predicted molar refractivity (Wildman–Crippen MR) is 91.5 cm³/mol. The minimum atomic E-state index is -0.473. The molecule has 0 bridgehead atoms. The molecule has 1 aliphatic rings. The maximum atomic E-state index is 9.97. The van der Waals surface area contributed by atoms with Gasteiger partial charge in [-0.05, 0) is 19.5 Å². The second-order valence-corrected chi connectivity index (χ2v) is 5.91. The first kappa shape index (κ1) is 20.3. The standard InChI is InChI=1S/C17H32N2O4/c1-3-10-22-14-16(20)12-18-6-5-7-19(9-8-18)13-17(21)15-23-11-4-2/h3-4,16-17,20-21H,1-2,5-15H2. The van der Waals surface area contributed by atoms with Gasteiger partial charge in [0.15, 0.2) is 0 Å². The molecule has 1 heterocycles. The summed E-state index contributed by atoms with van der Waals surface area (Å²) in [6.45, 7) is 13.7. The van der Waals surface area contributed by atoms with Crippen molar-refractivity contribution in [1.82, 2.24) is 9.80 Å². The summed E-state index contributed by atoms with van der Waals surface area (Å²) in [5, 5.41) is 19.9. The molecule has 1 rings (SSSR count). The number of nitrogens with zero attached hydrogens (tertiary/aromatic N) is 2. The molecule has 6 nitrogen and oxygen atoms in total. The Balaban J connectivity index is 2.21. The first-order valence-electron chi connectivity index (χ1n) is 8.33. The van der Waals surface area contributed by atoms with Gasteiger partial charge < -0.3 is 19.7 Å². The SMILES string of the molecule is C=CCOCC(O)CN1CCCN(CC(O)COCC=C)CC1. The van der Waals surface area contributed by atoms with Gasteiger partial charge in [-0.25, -0.2) is 0 Å². The maximum absolute atomic E-state index is 9.97. The molecule has 0 aromatic heterocycles. The van der Waals surface area contributed by atoms with Crippen molar-refractivity contribution in [3.63, 3.8) is 0 Å². The van der Waals surface area contributed by atoms with Crippen LogP contribution >= 0.6 is 0 Å². The summed E-state index contributed by atoms with van der Waals surface area (Å²) in [4.78, 5) is 4.51.